The Bertz CT molecular complexity index is 222. The average Bonchev–Trinajstić information content (AvgIpc) is 2.05. The molecule has 12 heavy (non-hydrogen) atoms. The fraction of sp³-hybridized carbons (Fsp3) is 0.875. The molecule has 0 aromatic heterocycles. The quantitative estimate of drug-likeness (QED) is 0.593. The SMILES string of the molecule is CC(C)(C#N)N1CCS(=O)CC1. The van der Waals surface area contributed by atoms with Gasteiger partial charge in [0.1, 0.15) is 5.54 Å². The monoisotopic (exact) mass is 186 g/mol. The zero-order valence-electron chi connectivity index (χ0n) is 7.54. The smallest absolute Gasteiger partial charge is 0.103 e. The van der Waals surface area contributed by atoms with Crippen LogP contribution in [0.15, 0.2) is 0 Å². The molecule has 0 N–H and O–H groups in total. The van der Waals surface area contributed by atoms with Crippen molar-refractivity contribution in [1.29, 1.82) is 5.26 Å². The van der Waals surface area contributed by atoms with Crippen molar-refractivity contribution in [3.63, 3.8) is 0 Å². The highest BCUT2D eigenvalue weighted by atomic mass is 32.2. The predicted octanol–water partition coefficient (Wildman–Crippen LogP) is 0.353. The van der Waals surface area contributed by atoms with Gasteiger partial charge >= 0.3 is 0 Å². The third-order valence-electron chi connectivity index (χ3n) is 2.24. The van der Waals surface area contributed by atoms with Gasteiger partial charge in [0.05, 0.1) is 6.07 Å². The predicted molar refractivity (Wildman–Crippen MR) is 49.1 cm³/mol. The summed E-state index contributed by atoms with van der Waals surface area (Å²) in [6.07, 6.45) is 0. The number of hydrogen-bond donors (Lipinski definition) is 0. The highest BCUT2D eigenvalue weighted by Crippen LogP contribution is 2.15. The number of nitriles is 1. The molecule has 0 radical (unpaired) electrons. The summed E-state index contributed by atoms with van der Waals surface area (Å²) < 4.78 is 11.0. The van der Waals surface area contributed by atoms with E-state index in [1.807, 2.05) is 13.8 Å². The molecule has 3 nitrogen and oxygen atoms in total. The Morgan fingerprint density at radius 3 is 2.33 bits per heavy atom. The summed E-state index contributed by atoms with van der Waals surface area (Å²) in [5, 5.41) is 8.84. The van der Waals surface area contributed by atoms with Crippen LogP contribution < -0.4 is 0 Å². The molecule has 1 saturated heterocycles. The molecule has 0 aliphatic carbocycles. The summed E-state index contributed by atoms with van der Waals surface area (Å²) in [6.45, 7) is 5.38. The molecule has 1 heterocycles. The average molecular weight is 186 g/mol. The Hall–Kier alpha value is -0.400. The number of nitrogens with zero attached hydrogens (tertiary/aromatic N) is 2. The van der Waals surface area contributed by atoms with Crippen LogP contribution in [0.2, 0.25) is 0 Å². The lowest BCUT2D eigenvalue weighted by atomic mass is 10.1. The van der Waals surface area contributed by atoms with Gasteiger partial charge < -0.3 is 0 Å². The Morgan fingerprint density at radius 1 is 1.42 bits per heavy atom. The van der Waals surface area contributed by atoms with E-state index in [2.05, 4.69) is 11.0 Å². The van der Waals surface area contributed by atoms with Crippen molar-refractivity contribution < 1.29 is 4.21 Å². The molecule has 0 bridgehead atoms. The fourth-order valence-corrected chi connectivity index (χ4v) is 2.32. The molecule has 4 heteroatoms. The lowest BCUT2D eigenvalue weighted by Gasteiger charge is -2.35. The molecule has 0 saturated carbocycles. The molecule has 0 aromatic rings. The third-order valence-corrected chi connectivity index (χ3v) is 3.52. The molecule has 1 fully saturated rings. The maximum Gasteiger partial charge on any atom is 0.103 e. The molecular formula is C8H14N2OS. The van der Waals surface area contributed by atoms with E-state index in [0.717, 1.165) is 13.1 Å². The molecule has 1 rings (SSSR count). The molecule has 1 aliphatic rings. The normalized spacial score (nSPS) is 22.1. The van der Waals surface area contributed by atoms with E-state index < -0.39 is 16.3 Å². The van der Waals surface area contributed by atoms with Gasteiger partial charge in [-0.05, 0) is 13.8 Å². The Balaban J connectivity index is 2.56. The van der Waals surface area contributed by atoms with E-state index in [1.54, 1.807) is 0 Å². The topological polar surface area (TPSA) is 44.1 Å². The van der Waals surface area contributed by atoms with Crippen LogP contribution in [0.25, 0.3) is 0 Å². The third kappa shape index (κ3) is 2.05. The molecule has 1 aliphatic heterocycles. The highest BCUT2D eigenvalue weighted by molar-refractivity contribution is 7.85. The zero-order valence-corrected chi connectivity index (χ0v) is 8.36. The van der Waals surface area contributed by atoms with Crippen molar-refractivity contribution in [1.82, 2.24) is 4.90 Å². The van der Waals surface area contributed by atoms with Crippen molar-refractivity contribution in [2.24, 2.45) is 0 Å². The van der Waals surface area contributed by atoms with Gasteiger partial charge in [-0.1, -0.05) is 0 Å². The minimum absolute atomic E-state index is 0.398. The van der Waals surface area contributed by atoms with E-state index >= 15 is 0 Å². The van der Waals surface area contributed by atoms with Crippen LogP contribution in [-0.2, 0) is 10.8 Å². The molecule has 68 valence electrons. The summed E-state index contributed by atoms with van der Waals surface area (Å²) in [5.41, 5.74) is -0.398. The maximum atomic E-state index is 11.0. The Morgan fingerprint density at radius 2 is 1.92 bits per heavy atom. The van der Waals surface area contributed by atoms with Crippen LogP contribution in [0.1, 0.15) is 13.8 Å². The molecule has 0 atom stereocenters. The van der Waals surface area contributed by atoms with Crippen LogP contribution in [-0.4, -0.2) is 39.2 Å². The van der Waals surface area contributed by atoms with Crippen molar-refractivity contribution in [2.45, 2.75) is 19.4 Å². The summed E-state index contributed by atoms with van der Waals surface area (Å²) in [5.74, 6) is 1.43. The Labute approximate surface area is 75.8 Å². The second-order valence-corrected chi connectivity index (χ2v) is 5.20. The van der Waals surface area contributed by atoms with E-state index in [1.165, 1.54) is 0 Å². The molecular weight excluding hydrogens is 172 g/mol. The minimum atomic E-state index is -0.649. The van der Waals surface area contributed by atoms with Crippen molar-refractivity contribution in [2.75, 3.05) is 24.6 Å². The largest absolute Gasteiger partial charge is 0.284 e. The zero-order chi connectivity index (χ0) is 9.19. The van der Waals surface area contributed by atoms with Crippen LogP contribution in [0, 0.1) is 11.3 Å². The first kappa shape index (κ1) is 9.69. The van der Waals surface area contributed by atoms with Gasteiger partial charge in [0.2, 0.25) is 0 Å². The fourth-order valence-electron chi connectivity index (χ4n) is 1.27. The Kier molecular flexibility index (Phi) is 2.86. The lowest BCUT2D eigenvalue weighted by molar-refractivity contribution is 0.185. The van der Waals surface area contributed by atoms with Gasteiger partial charge in [0.15, 0.2) is 0 Å². The molecule has 0 unspecified atom stereocenters. The van der Waals surface area contributed by atoms with Gasteiger partial charge in [-0.15, -0.1) is 0 Å². The summed E-state index contributed by atoms with van der Waals surface area (Å²) >= 11 is 0. The van der Waals surface area contributed by atoms with Crippen molar-refractivity contribution in [3.8, 4) is 6.07 Å². The van der Waals surface area contributed by atoms with Crippen LogP contribution in [0.5, 0.6) is 0 Å². The van der Waals surface area contributed by atoms with Gasteiger partial charge in [-0.2, -0.15) is 5.26 Å². The van der Waals surface area contributed by atoms with Crippen LogP contribution in [0.3, 0.4) is 0 Å². The van der Waals surface area contributed by atoms with E-state index in [-0.39, 0.29) is 0 Å². The number of hydrogen-bond acceptors (Lipinski definition) is 3. The first-order valence-electron chi connectivity index (χ1n) is 4.07. The van der Waals surface area contributed by atoms with Crippen LogP contribution >= 0.6 is 0 Å². The molecule has 0 spiro atoms. The van der Waals surface area contributed by atoms with Gasteiger partial charge in [0.25, 0.3) is 0 Å². The van der Waals surface area contributed by atoms with E-state index in [9.17, 15) is 4.21 Å². The highest BCUT2D eigenvalue weighted by Gasteiger charge is 2.29. The molecule has 0 amide bonds. The molecule has 0 aromatic carbocycles. The van der Waals surface area contributed by atoms with Gasteiger partial charge in [0, 0.05) is 35.4 Å². The summed E-state index contributed by atoms with van der Waals surface area (Å²) in [4.78, 5) is 2.09. The van der Waals surface area contributed by atoms with Gasteiger partial charge in [-0.25, -0.2) is 0 Å². The van der Waals surface area contributed by atoms with Crippen molar-refractivity contribution >= 4 is 10.8 Å². The van der Waals surface area contributed by atoms with Crippen molar-refractivity contribution in [3.05, 3.63) is 0 Å². The maximum absolute atomic E-state index is 11.0. The van der Waals surface area contributed by atoms with Crippen LogP contribution in [0.4, 0.5) is 0 Å². The second kappa shape index (κ2) is 3.55. The lowest BCUT2D eigenvalue weighted by Crippen LogP contribution is -2.49. The summed E-state index contributed by atoms with van der Waals surface area (Å²) in [6, 6.07) is 2.25. The minimum Gasteiger partial charge on any atom is -0.284 e. The first-order chi connectivity index (χ1) is 5.56. The second-order valence-electron chi connectivity index (χ2n) is 3.51. The van der Waals surface area contributed by atoms with Gasteiger partial charge in [-0.3, -0.25) is 9.11 Å². The number of rotatable bonds is 1. The first-order valence-corrected chi connectivity index (χ1v) is 5.56. The van der Waals surface area contributed by atoms with E-state index in [0.29, 0.717) is 11.5 Å². The summed E-state index contributed by atoms with van der Waals surface area (Å²) in [7, 11) is -0.649. The van der Waals surface area contributed by atoms with E-state index in [4.69, 9.17) is 5.26 Å². The standard InChI is InChI=1S/C8H14N2OS/c1-8(2,7-9)10-3-5-12(11)6-4-10/h3-6H2,1-2H3.